The fourth-order valence-electron chi connectivity index (χ4n) is 3.80. The van der Waals surface area contributed by atoms with Gasteiger partial charge in [-0.05, 0) is 44.7 Å². The van der Waals surface area contributed by atoms with E-state index >= 15 is 0 Å². The zero-order valence-corrected chi connectivity index (χ0v) is 21.0. The summed E-state index contributed by atoms with van der Waals surface area (Å²) in [4.78, 5) is 39.3. The molecule has 0 heterocycles. The van der Waals surface area contributed by atoms with Gasteiger partial charge < -0.3 is 14.8 Å². The molecule has 0 aromatic heterocycles. The number of esters is 1. The fraction of sp³-hybridized carbons (Fsp3) is 0.300. The molecule has 0 aliphatic carbocycles. The maximum absolute atomic E-state index is 13.5. The predicted molar refractivity (Wildman–Crippen MR) is 138 cm³/mol. The van der Waals surface area contributed by atoms with Crippen molar-refractivity contribution in [2.75, 3.05) is 0 Å². The maximum atomic E-state index is 13.5. The zero-order chi connectivity index (χ0) is 26.0. The second kappa shape index (κ2) is 12.7. The molecule has 2 unspecified atom stereocenters. The van der Waals surface area contributed by atoms with Gasteiger partial charge in [-0.2, -0.15) is 0 Å². The molecule has 6 nitrogen and oxygen atoms in total. The van der Waals surface area contributed by atoms with Gasteiger partial charge in [-0.3, -0.25) is 4.79 Å². The summed E-state index contributed by atoms with van der Waals surface area (Å²) in [6, 6.07) is 26.8. The van der Waals surface area contributed by atoms with Gasteiger partial charge in [0.1, 0.15) is 18.2 Å². The molecule has 0 saturated carbocycles. The molecule has 1 N–H and O–H groups in total. The van der Waals surface area contributed by atoms with E-state index in [0.29, 0.717) is 12.0 Å². The van der Waals surface area contributed by atoms with Gasteiger partial charge in [-0.15, -0.1) is 0 Å². The molecule has 36 heavy (non-hydrogen) atoms. The molecule has 3 aromatic rings. The third-order valence-corrected chi connectivity index (χ3v) is 5.47. The molecule has 188 valence electrons. The number of ether oxygens (including phenoxy) is 2. The lowest BCUT2D eigenvalue weighted by Gasteiger charge is -2.25. The Balaban J connectivity index is 1.84. The number of amides is 1. The van der Waals surface area contributed by atoms with Crippen molar-refractivity contribution in [3.63, 3.8) is 0 Å². The Morgan fingerprint density at radius 2 is 1.31 bits per heavy atom. The van der Waals surface area contributed by atoms with Crippen LogP contribution in [0.15, 0.2) is 91.0 Å². The lowest BCUT2D eigenvalue weighted by molar-refractivity contribution is -0.147. The molecule has 0 aliphatic heterocycles. The summed E-state index contributed by atoms with van der Waals surface area (Å²) in [5.41, 5.74) is 1.59. The fourth-order valence-corrected chi connectivity index (χ4v) is 3.80. The Morgan fingerprint density at radius 3 is 1.86 bits per heavy atom. The van der Waals surface area contributed by atoms with Crippen molar-refractivity contribution in [1.82, 2.24) is 5.32 Å². The van der Waals surface area contributed by atoms with Crippen LogP contribution in [0.4, 0.5) is 4.79 Å². The van der Waals surface area contributed by atoms with Gasteiger partial charge in [0, 0.05) is 11.5 Å². The molecular formula is C30H33NO5. The summed E-state index contributed by atoms with van der Waals surface area (Å²) >= 11 is 0. The number of ketones is 1. The van der Waals surface area contributed by atoms with Gasteiger partial charge in [-0.1, -0.05) is 91.0 Å². The van der Waals surface area contributed by atoms with Crippen LogP contribution in [0.1, 0.15) is 48.7 Å². The number of hydrogen-bond donors (Lipinski definition) is 1. The number of Topliss-reactive ketones (excluding diaryl/α,β-unsaturated/α-hetero) is 1. The van der Waals surface area contributed by atoms with Crippen LogP contribution >= 0.6 is 0 Å². The van der Waals surface area contributed by atoms with E-state index in [1.165, 1.54) is 0 Å². The third-order valence-electron chi connectivity index (χ3n) is 5.47. The molecule has 0 fully saturated rings. The largest absolute Gasteiger partial charge is 0.459 e. The summed E-state index contributed by atoms with van der Waals surface area (Å²) in [5, 5.41) is 2.64. The van der Waals surface area contributed by atoms with Crippen molar-refractivity contribution in [3.05, 3.63) is 108 Å². The van der Waals surface area contributed by atoms with Crippen molar-refractivity contribution in [2.24, 2.45) is 5.92 Å². The van der Waals surface area contributed by atoms with E-state index in [9.17, 15) is 14.4 Å². The summed E-state index contributed by atoms with van der Waals surface area (Å²) in [6.45, 7) is 5.29. The molecule has 3 aromatic carbocycles. The first-order valence-electron chi connectivity index (χ1n) is 12.0. The van der Waals surface area contributed by atoms with Crippen molar-refractivity contribution >= 4 is 17.8 Å². The normalized spacial score (nSPS) is 12.8. The zero-order valence-electron chi connectivity index (χ0n) is 21.0. The van der Waals surface area contributed by atoms with Crippen molar-refractivity contribution in [1.29, 1.82) is 0 Å². The van der Waals surface area contributed by atoms with E-state index in [2.05, 4.69) is 5.32 Å². The maximum Gasteiger partial charge on any atom is 0.408 e. The monoisotopic (exact) mass is 487 g/mol. The summed E-state index contributed by atoms with van der Waals surface area (Å²) in [7, 11) is 0. The number of rotatable bonds is 10. The highest BCUT2D eigenvalue weighted by Crippen LogP contribution is 2.21. The number of alkyl carbamates (subject to hydrolysis) is 1. The second-order valence-corrected chi connectivity index (χ2v) is 9.64. The molecule has 0 bridgehead atoms. The van der Waals surface area contributed by atoms with E-state index in [-0.39, 0.29) is 18.8 Å². The molecule has 2 atom stereocenters. The van der Waals surface area contributed by atoms with Crippen molar-refractivity contribution < 1.29 is 23.9 Å². The minimum Gasteiger partial charge on any atom is -0.459 e. The Kier molecular flexibility index (Phi) is 9.39. The molecule has 6 heteroatoms. The lowest BCUT2D eigenvalue weighted by Crippen LogP contribution is -2.46. The van der Waals surface area contributed by atoms with E-state index in [1.807, 2.05) is 66.7 Å². The van der Waals surface area contributed by atoms with Crippen molar-refractivity contribution in [2.45, 2.75) is 51.9 Å². The van der Waals surface area contributed by atoms with E-state index in [0.717, 1.165) is 11.1 Å². The Hall–Kier alpha value is -3.93. The predicted octanol–water partition coefficient (Wildman–Crippen LogP) is 5.76. The molecular weight excluding hydrogens is 454 g/mol. The summed E-state index contributed by atoms with van der Waals surface area (Å²) in [6.07, 6.45) is -0.266. The van der Waals surface area contributed by atoms with E-state index < -0.39 is 29.6 Å². The number of benzene rings is 3. The van der Waals surface area contributed by atoms with Crippen LogP contribution in [0.2, 0.25) is 0 Å². The van der Waals surface area contributed by atoms with Crippen LogP contribution in [-0.2, 0) is 27.3 Å². The molecule has 0 saturated heterocycles. The van der Waals surface area contributed by atoms with Gasteiger partial charge in [-0.25, -0.2) is 9.59 Å². The third kappa shape index (κ3) is 8.69. The summed E-state index contributed by atoms with van der Waals surface area (Å²) < 4.78 is 10.9. The SMILES string of the molecule is CC(C)(C)OC(=O)NC(CC(Cc1ccccc1)C(=O)c1ccccc1)C(=O)OCc1ccccc1. The first kappa shape index (κ1) is 26.7. The van der Waals surface area contributed by atoms with Crippen LogP contribution in [0.3, 0.4) is 0 Å². The number of carbonyl (C=O) groups excluding carboxylic acids is 3. The Morgan fingerprint density at radius 1 is 0.778 bits per heavy atom. The topological polar surface area (TPSA) is 81.7 Å². The minimum atomic E-state index is -1.06. The average Bonchev–Trinajstić information content (AvgIpc) is 2.86. The lowest BCUT2D eigenvalue weighted by atomic mass is 9.86. The van der Waals surface area contributed by atoms with Gasteiger partial charge in [0.05, 0.1) is 0 Å². The number of hydrogen-bond acceptors (Lipinski definition) is 5. The van der Waals surface area contributed by atoms with Gasteiger partial charge in [0.25, 0.3) is 0 Å². The van der Waals surface area contributed by atoms with Gasteiger partial charge in [0.2, 0.25) is 0 Å². The van der Waals surface area contributed by atoms with Crippen LogP contribution in [0, 0.1) is 5.92 Å². The van der Waals surface area contributed by atoms with Gasteiger partial charge >= 0.3 is 12.1 Å². The first-order valence-corrected chi connectivity index (χ1v) is 12.0. The molecule has 0 radical (unpaired) electrons. The minimum absolute atomic E-state index is 0.0577. The van der Waals surface area contributed by atoms with E-state index in [1.54, 1.807) is 45.0 Å². The quantitative estimate of drug-likeness (QED) is 0.291. The second-order valence-electron chi connectivity index (χ2n) is 9.64. The highest BCUT2D eigenvalue weighted by Gasteiger charge is 2.32. The average molecular weight is 488 g/mol. The van der Waals surface area contributed by atoms with Crippen LogP contribution in [-0.4, -0.2) is 29.5 Å². The van der Waals surface area contributed by atoms with Crippen LogP contribution < -0.4 is 5.32 Å². The summed E-state index contributed by atoms with van der Waals surface area (Å²) in [5.74, 6) is -1.30. The standard InChI is InChI=1S/C30H33NO5/c1-30(2,3)36-29(34)31-26(28(33)35-21-23-15-9-5-10-16-23)20-25(19-22-13-7-4-8-14-22)27(32)24-17-11-6-12-18-24/h4-18,25-26H,19-21H2,1-3H3,(H,31,34). The van der Waals surface area contributed by atoms with E-state index in [4.69, 9.17) is 9.47 Å². The van der Waals surface area contributed by atoms with Crippen LogP contribution in [0.25, 0.3) is 0 Å². The number of carbonyl (C=O) groups is 3. The number of nitrogens with one attached hydrogen (secondary N) is 1. The molecule has 0 spiro atoms. The molecule has 1 amide bonds. The van der Waals surface area contributed by atoms with Gasteiger partial charge in [0.15, 0.2) is 5.78 Å². The molecule has 0 aliphatic rings. The Labute approximate surface area is 212 Å². The van der Waals surface area contributed by atoms with Crippen LogP contribution in [0.5, 0.6) is 0 Å². The highest BCUT2D eigenvalue weighted by molar-refractivity contribution is 5.98. The first-order chi connectivity index (χ1) is 17.2. The Bertz CT molecular complexity index is 1120. The molecule has 3 rings (SSSR count). The highest BCUT2D eigenvalue weighted by atomic mass is 16.6. The van der Waals surface area contributed by atoms with Crippen molar-refractivity contribution in [3.8, 4) is 0 Å². The smallest absolute Gasteiger partial charge is 0.408 e.